The average molecular weight is 280 g/mol. The van der Waals surface area contributed by atoms with Crippen molar-refractivity contribution in [3.05, 3.63) is 23.2 Å². The van der Waals surface area contributed by atoms with E-state index in [9.17, 15) is 8.42 Å². The fraction of sp³-hybridized carbons (Fsp3) is 0.400. The van der Waals surface area contributed by atoms with Gasteiger partial charge in [0.25, 0.3) is 0 Å². The smallest absolute Gasteiger partial charge is 0.180 e. The van der Waals surface area contributed by atoms with Crippen LogP contribution in [0.15, 0.2) is 23.1 Å². The normalized spacial score (nSPS) is 11.6. The van der Waals surface area contributed by atoms with Crippen molar-refractivity contribution < 1.29 is 8.42 Å². The van der Waals surface area contributed by atoms with E-state index in [0.29, 0.717) is 11.4 Å². The molecule has 1 aromatic rings. The van der Waals surface area contributed by atoms with Gasteiger partial charge in [0.2, 0.25) is 0 Å². The molecular formula is C10H14ClNO2S2. The van der Waals surface area contributed by atoms with Crippen LogP contribution in [0.2, 0.25) is 5.02 Å². The van der Waals surface area contributed by atoms with Gasteiger partial charge in [-0.2, -0.15) is 11.8 Å². The lowest BCUT2D eigenvalue weighted by atomic mass is 10.3. The third kappa shape index (κ3) is 3.57. The van der Waals surface area contributed by atoms with Crippen LogP contribution in [0, 0.1) is 0 Å². The van der Waals surface area contributed by atoms with E-state index >= 15 is 0 Å². The molecule has 0 aliphatic heterocycles. The first-order chi connectivity index (χ1) is 7.47. The maximum Gasteiger partial charge on any atom is 0.180 e. The Hall–Kier alpha value is -0.390. The molecule has 0 spiro atoms. The Morgan fingerprint density at radius 3 is 2.69 bits per heavy atom. The van der Waals surface area contributed by atoms with E-state index in [1.165, 1.54) is 12.1 Å². The predicted molar refractivity (Wildman–Crippen MR) is 70.9 cm³/mol. The zero-order valence-corrected chi connectivity index (χ0v) is 11.3. The maximum atomic E-state index is 11.9. The SMILES string of the molecule is CCSCCS(=O)(=O)c1ccc(N)cc1Cl. The minimum absolute atomic E-state index is 0.106. The summed E-state index contributed by atoms with van der Waals surface area (Å²) >= 11 is 7.45. The van der Waals surface area contributed by atoms with E-state index in [2.05, 4.69) is 0 Å². The summed E-state index contributed by atoms with van der Waals surface area (Å²) < 4.78 is 23.8. The fourth-order valence-corrected chi connectivity index (χ4v) is 4.22. The van der Waals surface area contributed by atoms with Crippen molar-refractivity contribution in [3.8, 4) is 0 Å². The summed E-state index contributed by atoms with van der Waals surface area (Å²) in [5.41, 5.74) is 5.97. The van der Waals surface area contributed by atoms with Crippen molar-refractivity contribution in [1.29, 1.82) is 0 Å². The van der Waals surface area contributed by atoms with E-state index in [4.69, 9.17) is 17.3 Å². The van der Waals surface area contributed by atoms with E-state index in [1.54, 1.807) is 17.8 Å². The van der Waals surface area contributed by atoms with Crippen molar-refractivity contribution in [2.24, 2.45) is 0 Å². The number of halogens is 1. The van der Waals surface area contributed by atoms with E-state index in [-0.39, 0.29) is 15.7 Å². The van der Waals surface area contributed by atoms with Crippen molar-refractivity contribution in [2.75, 3.05) is 23.0 Å². The van der Waals surface area contributed by atoms with Gasteiger partial charge in [-0.15, -0.1) is 0 Å². The number of thioether (sulfide) groups is 1. The molecule has 2 N–H and O–H groups in total. The zero-order chi connectivity index (χ0) is 12.2. The van der Waals surface area contributed by atoms with Crippen LogP contribution in [-0.4, -0.2) is 25.7 Å². The molecule has 0 radical (unpaired) electrons. The number of nitrogens with two attached hydrogens (primary N) is 1. The molecule has 16 heavy (non-hydrogen) atoms. The number of sulfone groups is 1. The molecule has 1 aromatic carbocycles. The Bertz CT molecular complexity index is 460. The molecule has 0 aliphatic carbocycles. The van der Waals surface area contributed by atoms with Crippen LogP contribution in [0.25, 0.3) is 0 Å². The lowest BCUT2D eigenvalue weighted by molar-refractivity contribution is 0.597. The van der Waals surface area contributed by atoms with Gasteiger partial charge in [0, 0.05) is 11.4 Å². The number of benzene rings is 1. The summed E-state index contributed by atoms with van der Waals surface area (Å²) in [6.45, 7) is 1.99. The lowest BCUT2D eigenvalue weighted by Gasteiger charge is -2.06. The van der Waals surface area contributed by atoms with Gasteiger partial charge in [-0.1, -0.05) is 18.5 Å². The highest BCUT2D eigenvalue weighted by molar-refractivity contribution is 8.00. The molecule has 0 bridgehead atoms. The number of nitrogen functional groups attached to an aromatic ring is 1. The first-order valence-electron chi connectivity index (χ1n) is 4.83. The van der Waals surface area contributed by atoms with Crippen LogP contribution in [0.4, 0.5) is 5.69 Å². The van der Waals surface area contributed by atoms with Crippen LogP contribution in [0.5, 0.6) is 0 Å². The van der Waals surface area contributed by atoms with Gasteiger partial charge >= 0.3 is 0 Å². The molecule has 0 saturated carbocycles. The molecule has 1 rings (SSSR count). The Morgan fingerprint density at radius 1 is 1.44 bits per heavy atom. The van der Waals surface area contributed by atoms with Gasteiger partial charge in [-0.3, -0.25) is 0 Å². The second-order valence-corrected chi connectivity index (χ2v) is 7.08. The van der Waals surface area contributed by atoms with Gasteiger partial charge in [-0.25, -0.2) is 8.42 Å². The standard InChI is InChI=1S/C10H14ClNO2S2/c1-2-15-5-6-16(13,14)10-4-3-8(12)7-9(10)11/h3-4,7H,2,5-6,12H2,1H3. The number of anilines is 1. The van der Waals surface area contributed by atoms with Gasteiger partial charge < -0.3 is 5.73 Å². The Labute approximate surface area is 105 Å². The van der Waals surface area contributed by atoms with Crippen molar-refractivity contribution >= 4 is 38.9 Å². The van der Waals surface area contributed by atoms with Crippen molar-refractivity contribution in [1.82, 2.24) is 0 Å². The molecule has 0 heterocycles. The molecule has 0 amide bonds. The molecular weight excluding hydrogens is 266 g/mol. The van der Waals surface area contributed by atoms with Crippen molar-refractivity contribution in [2.45, 2.75) is 11.8 Å². The summed E-state index contributed by atoms with van der Waals surface area (Å²) in [6.07, 6.45) is 0. The summed E-state index contributed by atoms with van der Waals surface area (Å²) in [4.78, 5) is 0.167. The summed E-state index contributed by atoms with van der Waals surface area (Å²) in [6, 6.07) is 4.47. The Balaban J connectivity index is 2.90. The number of hydrogen-bond donors (Lipinski definition) is 1. The highest BCUT2D eigenvalue weighted by atomic mass is 35.5. The Kier molecular flexibility index (Phi) is 4.95. The van der Waals surface area contributed by atoms with Crippen LogP contribution < -0.4 is 5.73 Å². The lowest BCUT2D eigenvalue weighted by Crippen LogP contribution is -2.09. The van der Waals surface area contributed by atoms with E-state index < -0.39 is 9.84 Å². The second kappa shape index (κ2) is 5.80. The maximum absolute atomic E-state index is 11.9. The van der Waals surface area contributed by atoms with Crippen LogP contribution in [-0.2, 0) is 9.84 Å². The quantitative estimate of drug-likeness (QED) is 0.664. The minimum atomic E-state index is -3.29. The van der Waals surface area contributed by atoms with E-state index in [1.807, 2.05) is 6.92 Å². The number of rotatable bonds is 5. The minimum Gasteiger partial charge on any atom is -0.399 e. The molecule has 0 aliphatic rings. The summed E-state index contributed by atoms with van der Waals surface area (Å²) in [7, 11) is -3.29. The highest BCUT2D eigenvalue weighted by Gasteiger charge is 2.17. The van der Waals surface area contributed by atoms with Crippen LogP contribution in [0.3, 0.4) is 0 Å². The van der Waals surface area contributed by atoms with Gasteiger partial charge in [0.1, 0.15) is 0 Å². The first kappa shape index (κ1) is 13.7. The van der Waals surface area contributed by atoms with Crippen LogP contribution >= 0.6 is 23.4 Å². The molecule has 6 heteroatoms. The molecule has 3 nitrogen and oxygen atoms in total. The molecule has 90 valence electrons. The third-order valence-corrected chi connectivity index (χ3v) is 5.34. The summed E-state index contributed by atoms with van der Waals surface area (Å²) in [5.74, 6) is 1.60. The molecule has 0 aromatic heterocycles. The zero-order valence-electron chi connectivity index (χ0n) is 8.94. The third-order valence-electron chi connectivity index (χ3n) is 1.99. The van der Waals surface area contributed by atoms with Crippen molar-refractivity contribution in [3.63, 3.8) is 0 Å². The predicted octanol–water partition coefficient (Wildman–Crippen LogP) is 2.45. The topological polar surface area (TPSA) is 60.2 Å². The highest BCUT2D eigenvalue weighted by Crippen LogP contribution is 2.25. The number of hydrogen-bond acceptors (Lipinski definition) is 4. The summed E-state index contributed by atoms with van der Waals surface area (Å²) in [5, 5.41) is 0.196. The van der Waals surface area contributed by atoms with Gasteiger partial charge in [-0.05, 0) is 24.0 Å². The monoisotopic (exact) mass is 279 g/mol. The molecule has 0 unspecified atom stereocenters. The fourth-order valence-electron chi connectivity index (χ4n) is 1.19. The molecule has 0 fully saturated rings. The first-order valence-corrected chi connectivity index (χ1v) is 8.01. The molecule has 0 atom stereocenters. The molecule has 0 saturated heterocycles. The largest absolute Gasteiger partial charge is 0.399 e. The van der Waals surface area contributed by atoms with Gasteiger partial charge in [0.05, 0.1) is 15.7 Å². The van der Waals surface area contributed by atoms with Gasteiger partial charge in [0.15, 0.2) is 9.84 Å². The Morgan fingerprint density at radius 2 is 2.12 bits per heavy atom. The second-order valence-electron chi connectivity index (χ2n) is 3.21. The van der Waals surface area contributed by atoms with E-state index in [0.717, 1.165) is 5.75 Å². The average Bonchev–Trinajstić information content (AvgIpc) is 2.17. The van der Waals surface area contributed by atoms with Crippen LogP contribution in [0.1, 0.15) is 6.92 Å².